The Morgan fingerprint density at radius 2 is 2.12 bits per heavy atom. The number of halogens is 3. The third kappa shape index (κ3) is 6.27. The fraction of sp³-hybridized carbons (Fsp3) is 0.588. The van der Waals surface area contributed by atoms with Gasteiger partial charge in [-0.1, -0.05) is 23.7 Å². The maximum Gasteiger partial charge on any atom is 0.224 e. The van der Waals surface area contributed by atoms with Crippen LogP contribution < -0.4 is 10.6 Å². The first-order valence-corrected chi connectivity index (χ1v) is 8.67. The van der Waals surface area contributed by atoms with E-state index in [-0.39, 0.29) is 42.7 Å². The van der Waals surface area contributed by atoms with E-state index in [2.05, 4.69) is 21.6 Å². The van der Waals surface area contributed by atoms with Gasteiger partial charge in [0.25, 0.3) is 0 Å². The lowest BCUT2D eigenvalue weighted by molar-refractivity contribution is -0.124. The third-order valence-corrected chi connectivity index (χ3v) is 4.86. The van der Waals surface area contributed by atoms with E-state index < -0.39 is 0 Å². The number of nitrogens with one attached hydrogen (secondary N) is 2. The van der Waals surface area contributed by atoms with Gasteiger partial charge in [-0.05, 0) is 30.7 Å². The van der Waals surface area contributed by atoms with Crippen molar-refractivity contribution in [3.8, 4) is 0 Å². The van der Waals surface area contributed by atoms with Crippen molar-refractivity contribution in [1.82, 2.24) is 15.5 Å². The molecule has 0 aliphatic carbocycles. The molecule has 2 aliphatic heterocycles. The van der Waals surface area contributed by atoms with Gasteiger partial charge in [-0.25, -0.2) is 0 Å². The summed E-state index contributed by atoms with van der Waals surface area (Å²) in [6.07, 6.45) is 0.922. The van der Waals surface area contributed by atoms with Crippen LogP contribution in [-0.4, -0.2) is 56.7 Å². The predicted octanol–water partition coefficient (Wildman–Crippen LogP) is 2.28. The fourth-order valence-electron chi connectivity index (χ4n) is 3.28. The molecule has 1 aromatic rings. The van der Waals surface area contributed by atoms with Crippen molar-refractivity contribution < 1.29 is 9.53 Å². The molecule has 0 bridgehead atoms. The molecule has 2 saturated heterocycles. The molecule has 25 heavy (non-hydrogen) atoms. The Morgan fingerprint density at radius 1 is 1.36 bits per heavy atom. The Balaban J connectivity index is 0.00000156. The topological polar surface area (TPSA) is 53.6 Å². The molecule has 0 spiro atoms. The average Bonchev–Trinajstić information content (AvgIpc) is 3.10. The Bertz CT molecular complexity index is 536. The van der Waals surface area contributed by atoms with Crippen molar-refractivity contribution in [3.63, 3.8) is 0 Å². The predicted molar refractivity (Wildman–Crippen MR) is 105 cm³/mol. The van der Waals surface area contributed by atoms with E-state index in [4.69, 9.17) is 16.3 Å². The minimum absolute atomic E-state index is 0. The summed E-state index contributed by atoms with van der Waals surface area (Å²) in [4.78, 5) is 14.7. The molecular weight excluding hydrogens is 385 g/mol. The number of hydrogen-bond donors (Lipinski definition) is 2. The highest BCUT2D eigenvalue weighted by Gasteiger charge is 2.26. The lowest BCUT2D eigenvalue weighted by Gasteiger charge is -2.35. The van der Waals surface area contributed by atoms with Crippen molar-refractivity contribution in [2.45, 2.75) is 12.5 Å². The summed E-state index contributed by atoms with van der Waals surface area (Å²) < 4.78 is 5.45. The third-order valence-electron chi connectivity index (χ3n) is 4.62. The van der Waals surface area contributed by atoms with E-state index in [1.54, 1.807) is 0 Å². The number of carbonyl (C=O) groups is 1. The minimum atomic E-state index is 0. The normalized spacial score (nSPS) is 21.7. The first-order valence-electron chi connectivity index (χ1n) is 8.30. The number of benzene rings is 1. The maximum absolute atomic E-state index is 12.3. The largest absolute Gasteiger partial charge is 0.379 e. The highest BCUT2D eigenvalue weighted by Crippen LogP contribution is 2.24. The number of ether oxygens (including phenoxy) is 1. The van der Waals surface area contributed by atoms with Crippen molar-refractivity contribution in [1.29, 1.82) is 0 Å². The summed E-state index contributed by atoms with van der Waals surface area (Å²) in [6.45, 7) is 5.53. The molecule has 0 saturated carbocycles. The molecule has 2 unspecified atom stereocenters. The molecule has 2 N–H and O–H groups in total. The Labute approximate surface area is 166 Å². The molecule has 2 fully saturated rings. The fourth-order valence-corrected chi connectivity index (χ4v) is 3.48. The highest BCUT2D eigenvalue weighted by molar-refractivity contribution is 6.30. The van der Waals surface area contributed by atoms with Gasteiger partial charge in [-0.15, -0.1) is 24.8 Å². The van der Waals surface area contributed by atoms with Gasteiger partial charge in [0.15, 0.2) is 0 Å². The first-order chi connectivity index (χ1) is 11.2. The highest BCUT2D eigenvalue weighted by atomic mass is 35.5. The van der Waals surface area contributed by atoms with E-state index in [9.17, 15) is 4.79 Å². The number of amides is 1. The molecular formula is C17H26Cl3N3O2. The van der Waals surface area contributed by atoms with Crippen LogP contribution in [0.1, 0.15) is 18.0 Å². The minimum Gasteiger partial charge on any atom is -0.379 e. The van der Waals surface area contributed by atoms with Crippen LogP contribution in [0, 0.1) is 5.92 Å². The Hall–Kier alpha value is -0.560. The van der Waals surface area contributed by atoms with E-state index in [0.717, 1.165) is 56.4 Å². The molecule has 5 nitrogen and oxygen atoms in total. The van der Waals surface area contributed by atoms with Crippen LogP contribution in [0.3, 0.4) is 0 Å². The van der Waals surface area contributed by atoms with Gasteiger partial charge in [0.1, 0.15) is 0 Å². The number of morpholine rings is 1. The quantitative estimate of drug-likeness (QED) is 0.782. The molecule has 3 rings (SSSR count). The summed E-state index contributed by atoms with van der Waals surface area (Å²) in [5.41, 5.74) is 1.14. The van der Waals surface area contributed by atoms with E-state index in [1.165, 1.54) is 0 Å². The molecule has 0 radical (unpaired) electrons. The average molecular weight is 411 g/mol. The monoisotopic (exact) mass is 409 g/mol. The summed E-state index contributed by atoms with van der Waals surface area (Å²) in [5.74, 6) is 0.245. The van der Waals surface area contributed by atoms with Crippen LogP contribution in [0.4, 0.5) is 0 Å². The summed E-state index contributed by atoms with van der Waals surface area (Å²) >= 11 is 6.16. The zero-order valence-electron chi connectivity index (χ0n) is 14.1. The van der Waals surface area contributed by atoms with Gasteiger partial charge < -0.3 is 15.4 Å². The second-order valence-corrected chi connectivity index (χ2v) is 6.59. The molecule has 142 valence electrons. The Morgan fingerprint density at radius 3 is 2.76 bits per heavy atom. The van der Waals surface area contributed by atoms with Gasteiger partial charge >= 0.3 is 0 Å². The number of nitrogens with zero attached hydrogens (tertiary/aromatic N) is 1. The van der Waals surface area contributed by atoms with E-state index in [0.29, 0.717) is 6.54 Å². The van der Waals surface area contributed by atoms with Crippen LogP contribution in [0.2, 0.25) is 5.02 Å². The lowest BCUT2D eigenvalue weighted by atomic mass is 10.0. The summed E-state index contributed by atoms with van der Waals surface area (Å²) in [6, 6.07) is 8.05. The smallest absolute Gasteiger partial charge is 0.224 e. The second-order valence-electron chi connectivity index (χ2n) is 6.15. The molecule has 2 atom stereocenters. The first kappa shape index (κ1) is 22.5. The van der Waals surface area contributed by atoms with Crippen molar-refractivity contribution in [2.24, 2.45) is 5.92 Å². The number of rotatable bonds is 5. The number of carbonyl (C=O) groups excluding carboxylic acids is 1. The van der Waals surface area contributed by atoms with Crippen molar-refractivity contribution in [2.75, 3.05) is 45.9 Å². The van der Waals surface area contributed by atoms with Gasteiger partial charge in [-0.2, -0.15) is 0 Å². The molecule has 8 heteroatoms. The van der Waals surface area contributed by atoms with Gasteiger partial charge in [0, 0.05) is 31.2 Å². The Kier molecular flexibility index (Phi) is 10.1. The molecule has 2 heterocycles. The van der Waals surface area contributed by atoms with Gasteiger partial charge in [-0.3, -0.25) is 9.69 Å². The SMILES string of the molecule is Cl.Cl.O=C(NCC(c1cccc(Cl)c1)N1CCOCC1)C1CCNC1. The van der Waals surface area contributed by atoms with E-state index in [1.807, 2.05) is 18.2 Å². The van der Waals surface area contributed by atoms with Crippen LogP contribution >= 0.6 is 36.4 Å². The van der Waals surface area contributed by atoms with Gasteiger partial charge in [0.05, 0.1) is 25.2 Å². The summed E-state index contributed by atoms with van der Waals surface area (Å²) in [7, 11) is 0. The lowest BCUT2D eigenvalue weighted by Crippen LogP contribution is -2.44. The molecule has 2 aliphatic rings. The van der Waals surface area contributed by atoms with Crippen LogP contribution in [-0.2, 0) is 9.53 Å². The molecule has 0 aromatic heterocycles. The van der Waals surface area contributed by atoms with Crippen LogP contribution in [0.5, 0.6) is 0 Å². The van der Waals surface area contributed by atoms with Crippen molar-refractivity contribution >= 4 is 42.3 Å². The number of hydrogen-bond acceptors (Lipinski definition) is 4. The maximum atomic E-state index is 12.3. The molecule has 1 aromatic carbocycles. The van der Waals surface area contributed by atoms with Crippen LogP contribution in [0.25, 0.3) is 0 Å². The van der Waals surface area contributed by atoms with Gasteiger partial charge in [0.2, 0.25) is 5.91 Å². The summed E-state index contributed by atoms with van der Waals surface area (Å²) in [5, 5.41) is 7.10. The zero-order chi connectivity index (χ0) is 16.1. The molecule has 1 amide bonds. The van der Waals surface area contributed by atoms with E-state index >= 15 is 0 Å². The zero-order valence-corrected chi connectivity index (χ0v) is 16.5. The van der Waals surface area contributed by atoms with Crippen LogP contribution in [0.15, 0.2) is 24.3 Å². The standard InChI is InChI=1S/C17H24ClN3O2.2ClH/c18-15-3-1-2-13(10-15)16(21-6-8-23-9-7-21)12-20-17(22)14-4-5-19-11-14;;/h1-3,10,14,16,19H,4-9,11-12H2,(H,20,22);2*1H. The second kappa shape index (κ2) is 11.2. The van der Waals surface area contributed by atoms with Crippen molar-refractivity contribution in [3.05, 3.63) is 34.9 Å².